The Morgan fingerprint density at radius 1 is 1.13 bits per heavy atom. The highest BCUT2D eigenvalue weighted by Gasteiger charge is 2.33. The Morgan fingerprint density at radius 2 is 1.83 bits per heavy atom. The Balaban J connectivity index is 1.53. The topological polar surface area (TPSA) is 48.5 Å². The van der Waals surface area contributed by atoms with E-state index in [0.29, 0.717) is 29.2 Å². The van der Waals surface area contributed by atoms with Crippen molar-refractivity contribution in [3.05, 3.63) is 39.9 Å². The maximum absolute atomic E-state index is 13.5. The molecule has 0 saturated carbocycles. The maximum Gasteiger partial charge on any atom is 0.416 e. The second kappa shape index (κ2) is 8.72. The number of anilines is 2. The number of nitrogens with one attached hydrogen (secondary N) is 1. The smallest absolute Gasteiger partial charge is 0.371 e. The van der Waals surface area contributed by atoms with Gasteiger partial charge in [-0.25, -0.2) is 4.98 Å². The molecule has 0 unspecified atom stereocenters. The summed E-state index contributed by atoms with van der Waals surface area (Å²) < 4.78 is 40.9. The number of hydrogen-bond donors (Lipinski definition) is 1. The predicted molar refractivity (Wildman–Crippen MR) is 113 cm³/mol. The number of carbonyl (C=O) groups is 1. The molecule has 0 atom stereocenters. The molecule has 0 spiro atoms. The highest BCUT2D eigenvalue weighted by Crippen LogP contribution is 2.35. The molecule has 30 heavy (non-hydrogen) atoms. The number of alkyl halides is 3. The van der Waals surface area contributed by atoms with Crippen molar-refractivity contribution in [2.75, 3.05) is 36.4 Å². The SMILES string of the molecule is O=C(Nc1ncc(Cl)s1)c1cc(N2CCC(N3CCCC3)CC2)cc(C(F)(F)F)c1. The number of benzene rings is 1. The van der Waals surface area contributed by atoms with E-state index < -0.39 is 17.6 Å². The van der Waals surface area contributed by atoms with Crippen LogP contribution >= 0.6 is 22.9 Å². The van der Waals surface area contributed by atoms with Gasteiger partial charge in [0.1, 0.15) is 4.34 Å². The van der Waals surface area contributed by atoms with Gasteiger partial charge in [0.2, 0.25) is 0 Å². The van der Waals surface area contributed by atoms with Crippen LogP contribution < -0.4 is 10.2 Å². The van der Waals surface area contributed by atoms with Crippen LogP contribution in [0.15, 0.2) is 24.4 Å². The first-order valence-corrected chi connectivity index (χ1v) is 11.1. The van der Waals surface area contributed by atoms with Crippen molar-refractivity contribution in [1.82, 2.24) is 9.88 Å². The molecule has 3 heterocycles. The van der Waals surface area contributed by atoms with Crippen molar-refractivity contribution < 1.29 is 18.0 Å². The van der Waals surface area contributed by atoms with Crippen molar-refractivity contribution >= 4 is 39.7 Å². The van der Waals surface area contributed by atoms with E-state index in [0.717, 1.165) is 49.4 Å². The molecule has 162 valence electrons. The Hall–Kier alpha value is -1.84. The summed E-state index contributed by atoms with van der Waals surface area (Å²) in [6.45, 7) is 3.57. The van der Waals surface area contributed by atoms with Crippen molar-refractivity contribution in [2.24, 2.45) is 0 Å². The van der Waals surface area contributed by atoms with Gasteiger partial charge in [-0.3, -0.25) is 10.1 Å². The molecule has 5 nitrogen and oxygen atoms in total. The van der Waals surface area contributed by atoms with Crippen LogP contribution in [0, 0.1) is 0 Å². The molecule has 2 aliphatic heterocycles. The largest absolute Gasteiger partial charge is 0.416 e. The van der Waals surface area contributed by atoms with Gasteiger partial charge in [-0.1, -0.05) is 22.9 Å². The first-order valence-electron chi connectivity index (χ1n) is 9.93. The number of thiazole rings is 1. The summed E-state index contributed by atoms with van der Waals surface area (Å²) in [5.41, 5.74) is -0.455. The van der Waals surface area contributed by atoms with E-state index >= 15 is 0 Å². The molecule has 1 amide bonds. The molecule has 1 aromatic heterocycles. The fourth-order valence-corrected chi connectivity index (χ4v) is 4.97. The Labute approximate surface area is 181 Å². The highest BCUT2D eigenvalue weighted by molar-refractivity contribution is 7.19. The number of halogens is 4. The van der Waals surface area contributed by atoms with Gasteiger partial charge in [0, 0.05) is 30.4 Å². The van der Waals surface area contributed by atoms with Gasteiger partial charge in [0.15, 0.2) is 5.13 Å². The zero-order valence-corrected chi connectivity index (χ0v) is 17.8. The molecular formula is C20H22ClF3N4OS. The zero-order valence-electron chi connectivity index (χ0n) is 16.2. The Kier molecular flexibility index (Phi) is 6.22. The first-order chi connectivity index (χ1) is 14.3. The molecule has 1 aromatic carbocycles. The van der Waals surface area contributed by atoms with E-state index in [1.807, 2.05) is 4.90 Å². The average Bonchev–Trinajstić information content (AvgIpc) is 3.39. The van der Waals surface area contributed by atoms with Crippen LogP contribution in [0.2, 0.25) is 4.34 Å². The quantitative estimate of drug-likeness (QED) is 0.689. The summed E-state index contributed by atoms with van der Waals surface area (Å²) in [6.07, 6.45) is 1.10. The van der Waals surface area contributed by atoms with E-state index in [4.69, 9.17) is 11.6 Å². The van der Waals surface area contributed by atoms with Crippen LogP contribution in [0.25, 0.3) is 0 Å². The average molecular weight is 459 g/mol. The van der Waals surface area contributed by atoms with Crippen LogP contribution in [0.5, 0.6) is 0 Å². The summed E-state index contributed by atoms with van der Waals surface area (Å²) in [6, 6.07) is 4.03. The molecule has 1 N–H and O–H groups in total. The molecule has 4 rings (SSSR count). The van der Waals surface area contributed by atoms with Crippen molar-refractivity contribution in [1.29, 1.82) is 0 Å². The number of likely N-dealkylation sites (tertiary alicyclic amines) is 1. The Morgan fingerprint density at radius 3 is 2.43 bits per heavy atom. The summed E-state index contributed by atoms with van der Waals surface area (Å²) in [7, 11) is 0. The third-order valence-corrected chi connectivity index (χ3v) is 6.72. The molecule has 10 heteroatoms. The number of rotatable bonds is 4. The summed E-state index contributed by atoms with van der Waals surface area (Å²) in [5.74, 6) is -0.639. The minimum Gasteiger partial charge on any atom is -0.371 e. The first kappa shape index (κ1) is 21.4. The highest BCUT2D eigenvalue weighted by atomic mass is 35.5. The van der Waals surface area contributed by atoms with Gasteiger partial charge < -0.3 is 9.80 Å². The normalized spacial score (nSPS) is 18.7. The molecular weight excluding hydrogens is 437 g/mol. The summed E-state index contributed by atoms with van der Waals surface area (Å²) >= 11 is 6.86. The number of aromatic nitrogens is 1. The second-order valence-electron chi connectivity index (χ2n) is 7.65. The minimum absolute atomic E-state index is 0.0483. The lowest BCUT2D eigenvalue weighted by Crippen LogP contribution is -2.44. The molecule has 2 saturated heterocycles. The van der Waals surface area contributed by atoms with Crippen LogP contribution in [-0.4, -0.2) is 48.0 Å². The lowest BCUT2D eigenvalue weighted by molar-refractivity contribution is -0.137. The van der Waals surface area contributed by atoms with Crippen LogP contribution in [0.1, 0.15) is 41.6 Å². The third-order valence-electron chi connectivity index (χ3n) is 5.69. The number of nitrogens with zero attached hydrogens (tertiary/aromatic N) is 3. The Bertz CT molecular complexity index is 906. The van der Waals surface area contributed by atoms with E-state index in [9.17, 15) is 18.0 Å². The van der Waals surface area contributed by atoms with Gasteiger partial charge in [0.25, 0.3) is 5.91 Å². The van der Waals surface area contributed by atoms with Crippen molar-refractivity contribution in [3.63, 3.8) is 0 Å². The lowest BCUT2D eigenvalue weighted by Gasteiger charge is -2.38. The van der Waals surface area contributed by atoms with Crippen LogP contribution in [0.4, 0.5) is 24.0 Å². The number of hydrogen-bond acceptors (Lipinski definition) is 5. The standard InChI is InChI=1S/C20H22ClF3N4OS/c21-17-12-25-19(30-17)26-18(29)13-9-14(20(22,23)24)11-16(10-13)28-7-3-15(4-8-28)27-5-1-2-6-27/h9-12,15H,1-8H2,(H,25,26,29). The summed E-state index contributed by atoms with van der Waals surface area (Å²) in [5, 5.41) is 2.77. The van der Waals surface area contributed by atoms with Crippen LogP contribution in [-0.2, 0) is 6.18 Å². The van der Waals surface area contributed by atoms with Gasteiger partial charge in [-0.2, -0.15) is 13.2 Å². The predicted octanol–water partition coefficient (Wildman–Crippen LogP) is 5.13. The lowest BCUT2D eigenvalue weighted by atomic mass is 10.0. The van der Waals surface area contributed by atoms with Gasteiger partial charge in [-0.15, -0.1) is 0 Å². The van der Waals surface area contributed by atoms with E-state index in [1.165, 1.54) is 25.1 Å². The van der Waals surface area contributed by atoms with E-state index in [1.54, 1.807) is 0 Å². The molecule has 0 bridgehead atoms. The molecule has 2 aliphatic rings. The molecule has 2 fully saturated rings. The molecule has 2 aromatic rings. The summed E-state index contributed by atoms with van der Waals surface area (Å²) in [4.78, 5) is 20.9. The van der Waals surface area contributed by atoms with Crippen molar-refractivity contribution in [2.45, 2.75) is 37.9 Å². The number of carbonyl (C=O) groups excluding carboxylic acids is 1. The fourth-order valence-electron chi connectivity index (χ4n) is 4.17. The number of piperidine rings is 1. The van der Waals surface area contributed by atoms with Gasteiger partial charge in [0.05, 0.1) is 11.8 Å². The van der Waals surface area contributed by atoms with E-state index in [-0.39, 0.29) is 10.7 Å². The second-order valence-corrected chi connectivity index (χ2v) is 9.31. The fraction of sp³-hybridized carbons (Fsp3) is 0.500. The zero-order chi connectivity index (χ0) is 21.3. The van der Waals surface area contributed by atoms with E-state index in [2.05, 4.69) is 15.2 Å². The van der Waals surface area contributed by atoms with Crippen molar-refractivity contribution in [3.8, 4) is 0 Å². The van der Waals surface area contributed by atoms with Gasteiger partial charge >= 0.3 is 6.18 Å². The van der Waals surface area contributed by atoms with Gasteiger partial charge in [-0.05, 0) is 57.0 Å². The molecule has 0 radical (unpaired) electrons. The monoisotopic (exact) mass is 458 g/mol. The number of amides is 1. The van der Waals surface area contributed by atoms with Crippen LogP contribution in [0.3, 0.4) is 0 Å². The minimum atomic E-state index is -4.54. The maximum atomic E-state index is 13.5. The third kappa shape index (κ3) is 4.90. The molecule has 0 aliphatic carbocycles.